The van der Waals surface area contributed by atoms with Crippen LogP contribution in [0.15, 0.2) is 46.8 Å². The van der Waals surface area contributed by atoms with Gasteiger partial charge in [-0.3, -0.25) is 0 Å². The smallest absolute Gasteiger partial charge is 0.191 e. The minimum absolute atomic E-state index is 0. The predicted octanol–water partition coefficient (Wildman–Crippen LogP) is 3.80. The van der Waals surface area contributed by atoms with Crippen molar-refractivity contribution in [2.24, 2.45) is 4.99 Å². The molecule has 3 nitrogen and oxygen atoms in total. The van der Waals surface area contributed by atoms with Gasteiger partial charge in [-0.1, -0.05) is 18.2 Å². The highest BCUT2D eigenvalue weighted by atomic mass is 127. The van der Waals surface area contributed by atoms with Crippen molar-refractivity contribution in [3.8, 4) is 0 Å². The molecule has 1 heterocycles. The van der Waals surface area contributed by atoms with Crippen molar-refractivity contribution in [3.05, 3.63) is 58.0 Å². The van der Waals surface area contributed by atoms with E-state index in [1.807, 2.05) is 13.0 Å². The summed E-state index contributed by atoms with van der Waals surface area (Å²) >= 11 is 1.76. The Morgan fingerprint density at radius 1 is 1.23 bits per heavy atom. The molecule has 2 N–H and O–H groups in total. The van der Waals surface area contributed by atoms with Crippen molar-refractivity contribution in [1.29, 1.82) is 0 Å². The molecule has 1 aromatic carbocycles. The Labute approximate surface area is 152 Å². The van der Waals surface area contributed by atoms with Crippen LogP contribution in [0.3, 0.4) is 0 Å². The summed E-state index contributed by atoms with van der Waals surface area (Å²) in [6.07, 6.45) is 0.974. The number of guanidine groups is 1. The molecule has 0 aliphatic heterocycles. The summed E-state index contributed by atoms with van der Waals surface area (Å²) in [5.74, 6) is 0.539. The Morgan fingerprint density at radius 2 is 2.09 bits per heavy atom. The number of nitrogens with zero attached hydrogens (tertiary/aromatic N) is 1. The van der Waals surface area contributed by atoms with E-state index in [2.05, 4.69) is 33.1 Å². The first-order valence-corrected chi connectivity index (χ1v) is 7.95. The van der Waals surface area contributed by atoms with Crippen molar-refractivity contribution in [1.82, 2.24) is 10.6 Å². The highest BCUT2D eigenvalue weighted by Crippen LogP contribution is 2.08. The van der Waals surface area contributed by atoms with Crippen LogP contribution >= 0.6 is 35.3 Å². The molecule has 0 saturated carbocycles. The van der Waals surface area contributed by atoms with E-state index in [0.717, 1.165) is 31.0 Å². The third kappa shape index (κ3) is 6.74. The fraction of sp³-hybridized carbons (Fsp3) is 0.312. The lowest BCUT2D eigenvalue weighted by Crippen LogP contribution is -2.38. The van der Waals surface area contributed by atoms with E-state index in [1.54, 1.807) is 17.4 Å². The second-order valence-corrected chi connectivity index (χ2v) is 5.61. The molecule has 2 rings (SSSR count). The lowest BCUT2D eigenvalue weighted by molar-refractivity contribution is 0.625. The van der Waals surface area contributed by atoms with Gasteiger partial charge in [-0.05, 0) is 42.5 Å². The van der Waals surface area contributed by atoms with Crippen molar-refractivity contribution < 1.29 is 4.39 Å². The Bertz CT molecular complexity index is 573. The molecule has 2 aromatic rings. The third-order valence-electron chi connectivity index (χ3n) is 2.90. The zero-order chi connectivity index (χ0) is 14.9. The maximum absolute atomic E-state index is 13.1. The SMILES string of the molecule is CCNC(=NCc1cccc(F)c1)NCCc1cccs1.I. The number of thiophene rings is 1. The molecule has 0 spiro atoms. The summed E-state index contributed by atoms with van der Waals surface area (Å²) in [6, 6.07) is 10.7. The molecule has 0 atom stereocenters. The molecule has 0 fully saturated rings. The van der Waals surface area contributed by atoms with Crippen LogP contribution in [0.5, 0.6) is 0 Å². The Balaban J connectivity index is 0.00000242. The molecule has 1 aromatic heterocycles. The van der Waals surface area contributed by atoms with Gasteiger partial charge in [-0.15, -0.1) is 35.3 Å². The van der Waals surface area contributed by atoms with Crippen LogP contribution in [-0.4, -0.2) is 19.0 Å². The predicted molar refractivity (Wildman–Crippen MR) is 103 cm³/mol. The molecule has 0 aliphatic carbocycles. The molecule has 0 unspecified atom stereocenters. The van der Waals surface area contributed by atoms with E-state index in [4.69, 9.17) is 0 Å². The topological polar surface area (TPSA) is 36.4 Å². The zero-order valence-electron chi connectivity index (χ0n) is 12.5. The summed E-state index contributed by atoms with van der Waals surface area (Å²) in [5, 5.41) is 8.57. The van der Waals surface area contributed by atoms with Gasteiger partial charge in [0, 0.05) is 18.0 Å². The van der Waals surface area contributed by atoms with Crippen molar-refractivity contribution in [3.63, 3.8) is 0 Å². The summed E-state index contributed by atoms with van der Waals surface area (Å²) in [6.45, 7) is 4.12. The number of aliphatic imine (C=N–C) groups is 1. The number of hydrogen-bond acceptors (Lipinski definition) is 2. The van der Waals surface area contributed by atoms with Crippen LogP contribution < -0.4 is 10.6 Å². The summed E-state index contributed by atoms with van der Waals surface area (Å²) < 4.78 is 13.1. The molecule has 0 aliphatic rings. The minimum atomic E-state index is -0.224. The van der Waals surface area contributed by atoms with Gasteiger partial charge in [0.2, 0.25) is 0 Å². The Hall–Kier alpha value is -1.15. The van der Waals surface area contributed by atoms with E-state index in [9.17, 15) is 4.39 Å². The van der Waals surface area contributed by atoms with E-state index >= 15 is 0 Å². The van der Waals surface area contributed by atoms with Crippen LogP contribution in [0.2, 0.25) is 0 Å². The van der Waals surface area contributed by atoms with Gasteiger partial charge >= 0.3 is 0 Å². The first kappa shape index (κ1) is 18.9. The number of rotatable bonds is 6. The average molecular weight is 433 g/mol. The molecule has 0 bridgehead atoms. The monoisotopic (exact) mass is 433 g/mol. The van der Waals surface area contributed by atoms with Crippen LogP contribution in [0.1, 0.15) is 17.4 Å². The largest absolute Gasteiger partial charge is 0.357 e. The fourth-order valence-electron chi connectivity index (χ4n) is 1.91. The summed E-state index contributed by atoms with van der Waals surface area (Å²) in [4.78, 5) is 5.83. The standard InChI is InChI=1S/C16H20FN3S.HI/c1-2-18-16(19-9-8-15-7-4-10-21-15)20-12-13-5-3-6-14(17)11-13;/h3-7,10-11H,2,8-9,12H2,1H3,(H2,18,19,20);1H. The lowest BCUT2D eigenvalue weighted by atomic mass is 10.2. The quantitative estimate of drug-likeness (QED) is 0.413. The first-order valence-electron chi connectivity index (χ1n) is 7.07. The summed E-state index contributed by atoms with van der Waals surface area (Å²) in [7, 11) is 0. The van der Waals surface area contributed by atoms with Gasteiger partial charge in [-0.25, -0.2) is 9.38 Å². The lowest BCUT2D eigenvalue weighted by Gasteiger charge is -2.10. The molecule has 22 heavy (non-hydrogen) atoms. The van der Waals surface area contributed by atoms with E-state index in [-0.39, 0.29) is 29.8 Å². The zero-order valence-corrected chi connectivity index (χ0v) is 15.7. The van der Waals surface area contributed by atoms with Gasteiger partial charge in [0.1, 0.15) is 5.82 Å². The third-order valence-corrected chi connectivity index (χ3v) is 3.83. The Kier molecular flexibility index (Phi) is 9.07. The number of nitrogens with one attached hydrogen (secondary N) is 2. The van der Waals surface area contributed by atoms with Crippen LogP contribution in [0.25, 0.3) is 0 Å². The van der Waals surface area contributed by atoms with E-state index < -0.39 is 0 Å². The molecule has 0 saturated heterocycles. The van der Waals surface area contributed by atoms with Crippen LogP contribution in [-0.2, 0) is 13.0 Å². The normalized spacial score (nSPS) is 10.9. The fourth-order valence-corrected chi connectivity index (χ4v) is 2.62. The number of hydrogen-bond donors (Lipinski definition) is 2. The second kappa shape index (κ2) is 10.6. The van der Waals surface area contributed by atoms with Gasteiger partial charge in [0.05, 0.1) is 6.54 Å². The number of halogens is 2. The maximum atomic E-state index is 13.1. The van der Waals surface area contributed by atoms with Crippen LogP contribution in [0.4, 0.5) is 4.39 Å². The second-order valence-electron chi connectivity index (χ2n) is 4.58. The molecule has 0 amide bonds. The Morgan fingerprint density at radius 3 is 2.77 bits per heavy atom. The molecule has 120 valence electrons. The molecular formula is C16H21FIN3S. The van der Waals surface area contributed by atoms with Crippen molar-refractivity contribution in [2.75, 3.05) is 13.1 Å². The van der Waals surface area contributed by atoms with Crippen molar-refractivity contribution >= 4 is 41.3 Å². The van der Waals surface area contributed by atoms with Gasteiger partial charge < -0.3 is 10.6 Å². The maximum Gasteiger partial charge on any atom is 0.191 e. The molecule has 0 radical (unpaired) electrons. The average Bonchev–Trinajstić information content (AvgIpc) is 2.98. The van der Waals surface area contributed by atoms with E-state index in [1.165, 1.54) is 17.0 Å². The van der Waals surface area contributed by atoms with Crippen molar-refractivity contribution in [2.45, 2.75) is 19.9 Å². The molecular weight excluding hydrogens is 412 g/mol. The highest BCUT2D eigenvalue weighted by Gasteiger charge is 1.99. The number of benzene rings is 1. The van der Waals surface area contributed by atoms with Gasteiger partial charge in [0.15, 0.2) is 5.96 Å². The van der Waals surface area contributed by atoms with Gasteiger partial charge in [0.25, 0.3) is 0 Å². The van der Waals surface area contributed by atoms with Gasteiger partial charge in [-0.2, -0.15) is 0 Å². The minimum Gasteiger partial charge on any atom is -0.357 e. The van der Waals surface area contributed by atoms with Crippen LogP contribution in [0, 0.1) is 5.82 Å². The summed E-state index contributed by atoms with van der Waals surface area (Å²) in [5.41, 5.74) is 0.866. The van der Waals surface area contributed by atoms with E-state index in [0.29, 0.717) is 6.54 Å². The highest BCUT2D eigenvalue weighted by molar-refractivity contribution is 14.0. The first-order chi connectivity index (χ1) is 10.3. The molecule has 6 heteroatoms.